The highest BCUT2D eigenvalue weighted by Gasteiger charge is 2.23. The van der Waals surface area contributed by atoms with E-state index in [1.807, 2.05) is 30.1 Å². The second-order valence-electron chi connectivity index (χ2n) is 5.57. The summed E-state index contributed by atoms with van der Waals surface area (Å²) in [4.78, 5) is 14.5. The van der Waals surface area contributed by atoms with Crippen molar-refractivity contribution in [3.63, 3.8) is 0 Å². The first-order valence-corrected chi connectivity index (χ1v) is 7.64. The van der Waals surface area contributed by atoms with Gasteiger partial charge in [0.25, 0.3) is 5.91 Å². The SMILES string of the molecule is CNC1CCN(C(=O)c2ccc3c(c2)OCCCO3)CC1.Cl. The monoisotopic (exact) mass is 326 g/mol. The number of likely N-dealkylation sites (tertiary alicyclic amines) is 1. The number of hydrogen-bond acceptors (Lipinski definition) is 4. The van der Waals surface area contributed by atoms with Gasteiger partial charge in [-0.1, -0.05) is 0 Å². The number of ether oxygens (including phenoxy) is 2. The molecular formula is C16H23ClN2O3. The van der Waals surface area contributed by atoms with Crippen molar-refractivity contribution in [3.8, 4) is 11.5 Å². The van der Waals surface area contributed by atoms with E-state index in [1.165, 1.54) is 0 Å². The van der Waals surface area contributed by atoms with E-state index in [-0.39, 0.29) is 18.3 Å². The third kappa shape index (κ3) is 3.65. The quantitative estimate of drug-likeness (QED) is 0.904. The molecule has 0 unspecified atom stereocenters. The lowest BCUT2D eigenvalue weighted by Gasteiger charge is -2.32. The first kappa shape index (κ1) is 16.9. The summed E-state index contributed by atoms with van der Waals surface area (Å²) in [6.07, 6.45) is 2.88. The van der Waals surface area contributed by atoms with Gasteiger partial charge >= 0.3 is 0 Å². The summed E-state index contributed by atoms with van der Waals surface area (Å²) in [6, 6.07) is 6.01. The smallest absolute Gasteiger partial charge is 0.253 e. The van der Waals surface area contributed by atoms with Crippen LogP contribution in [0.1, 0.15) is 29.6 Å². The Bertz CT molecular complexity index is 516. The van der Waals surface area contributed by atoms with Gasteiger partial charge in [0.05, 0.1) is 13.2 Å². The lowest BCUT2D eigenvalue weighted by atomic mass is 10.0. The van der Waals surface area contributed by atoms with E-state index in [0.717, 1.165) is 38.1 Å². The summed E-state index contributed by atoms with van der Waals surface area (Å²) >= 11 is 0. The Hall–Kier alpha value is -1.46. The number of carbonyl (C=O) groups is 1. The van der Waals surface area contributed by atoms with Gasteiger partial charge < -0.3 is 19.7 Å². The average molecular weight is 327 g/mol. The number of halogens is 1. The first-order valence-electron chi connectivity index (χ1n) is 7.64. The Morgan fingerprint density at radius 3 is 2.55 bits per heavy atom. The summed E-state index contributed by atoms with van der Waals surface area (Å²) in [6.45, 7) is 2.91. The van der Waals surface area contributed by atoms with E-state index in [2.05, 4.69) is 5.32 Å². The standard InChI is InChI=1S/C16H22N2O3.ClH/c1-17-13-5-7-18(8-6-13)16(19)12-3-4-14-15(11-12)21-10-2-9-20-14;/h3-4,11,13,17H,2,5-10H2,1H3;1H. The molecular weight excluding hydrogens is 304 g/mol. The summed E-state index contributed by atoms with van der Waals surface area (Å²) in [7, 11) is 1.98. The molecule has 0 atom stereocenters. The van der Waals surface area contributed by atoms with Gasteiger partial charge in [-0.3, -0.25) is 4.79 Å². The second kappa shape index (κ2) is 7.70. The van der Waals surface area contributed by atoms with E-state index in [4.69, 9.17) is 9.47 Å². The lowest BCUT2D eigenvalue weighted by Crippen LogP contribution is -2.43. The highest BCUT2D eigenvalue weighted by molar-refractivity contribution is 5.95. The molecule has 1 aromatic carbocycles. The Morgan fingerprint density at radius 2 is 1.86 bits per heavy atom. The zero-order valence-electron chi connectivity index (χ0n) is 12.8. The van der Waals surface area contributed by atoms with Gasteiger partial charge in [0.2, 0.25) is 0 Å². The van der Waals surface area contributed by atoms with Crippen molar-refractivity contribution in [2.24, 2.45) is 0 Å². The largest absolute Gasteiger partial charge is 0.490 e. The minimum absolute atomic E-state index is 0. The number of nitrogens with one attached hydrogen (secondary N) is 1. The van der Waals surface area contributed by atoms with Gasteiger partial charge in [-0.05, 0) is 38.1 Å². The molecule has 0 aliphatic carbocycles. The van der Waals surface area contributed by atoms with Gasteiger partial charge in [-0.15, -0.1) is 12.4 Å². The molecule has 6 heteroatoms. The van der Waals surface area contributed by atoms with E-state index in [1.54, 1.807) is 0 Å². The van der Waals surface area contributed by atoms with E-state index in [0.29, 0.717) is 30.6 Å². The van der Waals surface area contributed by atoms with Crippen LogP contribution in [0.4, 0.5) is 0 Å². The summed E-state index contributed by atoms with van der Waals surface area (Å²) in [5.74, 6) is 1.50. The number of nitrogens with zero attached hydrogens (tertiary/aromatic N) is 1. The fraction of sp³-hybridized carbons (Fsp3) is 0.562. The molecule has 2 aliphatic rings. The predicted molar refractivity (Wildman–Crippen MR) is 87.3 cm³/mol. The van der Waals surface area contributed by atoms with Crippen LogP contribution in [0.25, 0.3) is 0 Å². The molecule has 22 heavy (non-hydrogen) atoms. The third-order valence-corrected chi connectivity index (χ3v) is 4.18. The van der Waals surface area contributed by atoms with Crippen LogP contribution in [-0.2, 0) is 0 Å². The van der Waals surface area contributed by atoms with E-state index >= 15 is 0 Å². The fourth-order valence-electron chi connectivity index (χ4n) is 2.85. The highest BCUT2D eigenvalue weighted by atomic mass is 35.5. The van der Waals surface area contributed by atoms with Crippen molar-refractivity contribution >= 4 is 18.3 Å². The molecule has 1 aromatic rings. The number of carbonyl (C=O) groups excluding carboxylic acids is 1. The van der Waals surface area contributed by atoms with Gasteiger partial charge in [0.15, 0.2) is 11.5 Å². The maximum absolute atomic E-state index is 12.6. The molecule has 2 heterocycles. The second-order valence-corrected chi connectivity index (χ2v) is 5.57. The molecule has 1 amide bonds. The molecule has 1 saturated heterocycles. The summed E-state index contributed by atoms with van der Waals surface area (Å²) < 4.78 is 11.3. The van der Waals surface area contributed by atoms with Crippen molar-refractivity contribution < 1.29 is 14.3 Å². The van der Waals surface area contributed by atoms with Crippen LogP contribution in [-0.4, -0.2) is 50.2 Å². The van der Waals surface area contributed by atoms with Crippen LogP contribution in [0.15, 0.2) is 18.2 Å². The van der Waals surface area contributed by atoms with Crippen LogP contribution in [0.2, 0.25) is 0 Å². The summed E-state index contributed by atoms with van der Waals surface area (Å²) in [5, 5.41) is 3.28. The molecule has 0 saturated carbocycles. The zero-order valence-corrected chi connectivity index (χ0v) is 13.7. The Balaban J connectivity index is 0.00000176. The van der Waals surface area contributed by atoms with Crippen LogP contribution in [0, 0.1) is 0 Å². The minimum atomic E-state index is 0. The average Bonchev–Trinajstić information content (AvgIpc) is 2.79. The highest BCUT2D eigenvalue weighted by Crippen LogP contribution is 2.31. The predicted octanol–water partition coefficient (Wildman–Crippen LogP) is 2.09. The topological polar surface area (TPSA) is 50.8 Å². The van der Waals surface area contributed by atoms with Crippen molar-refractivity contribution in [1.29, 1.82) is 0 Å². The van der Waals surface area contributed by atoms with Crippen LogP contribution in [0.5, 0.6) is 11.5 Å². The molecule has 5 nitrogen and oxygen atoms in total. The van der Waals surface area contributed by atoms with Gasteiger partial charge in [0.1, 0.15) is 0 Å². The maximum Gasteiger partial charge on any atom is 0.253 e. The Morgan fingerprint density at radius 1 is 1.18 bits per heavy atom. The van der Waals surface area contributed by atoms with Gasteiger partial charge in [-0.2, -0.15) is 0 Å². The molecule has 1 fully saturated rings. The molecule has 1 N–H and O–H groups in total. The van der Waals surface area contributed by atoms with Crippen molar-refractivity contribution in [1.82, 2.24) is 10.2 Å². The number of benzene rings is 1. The molecule has 3 rings (SSSR count). The summed E-state index contributed by atoms with van der Waals surface area (Å²) in [5.41, 5.74) is 0.683. The van der Waals surface area contributed by atoms with Crippen molar-refractivity contribution in [2.45, 2.75) is 25.3 Å². The van der Waals surface area contributed by atoms with Crippen LogP contribution < -0.4 is 14.8 Å². The lowest BCUT2D eigenvalue weighted by molar-refractivity contribution is 0.0707. The maximum atomic E-state index is 12.6. The van der Waals surface area contributed by atoms with Gasteiger partial charge in [0, 0.05) is 31.1 Å². The zero-order chi connectivity index (χ0) is 14.7. The number of rotatable bonds is 2. The molecule has 2 aliphatic heterocycles. The fourth-order valence-corrected chi connectivity index (χ4v) is 2.85. The molecule has 0 bridgehead atoms. The number of amides is 1. The van der Waals surface area contributed by atoms with Crippen molar-refractivity contribution in [2.75, 3.05) is 33.4 Å². The molecule has 0 spiro atoms. The first-order chi connectivity index (χ1) is 10.3. The minimum Gasteiger partial charge on any atom is -0.490 e. The molecule has 0 aromatic heterocycles. The van der Waals surface area contributed by atoms with E-state index < -0.39 is 0 Å². The van der Waals surface area contributed by atoms with Crippen LogP contribution in [0.3, 0.4) is 0 Å². The number of piperidine rings is 1. The number of hydrogen-bond donors (Lipinski definition) is 1. The van der Waals surface area contributed by atoms with Crippen molar-refractivity contribution in [3.05, 3.63) is 23.8 Å². The van der Waals surface area contributed by atoms with Crippen LogP contribution >= 0.6 is 12.4 Å². The molecule has 122 valence electrons. The molecule has 0 radical (unpaired) electrons. The van der Waals surface area contributed by atoms with Gasteiger partial charge in [-0.25, -0.2) is 0 Å². The number of fused-ring (bicyclic) bond motifs is 1. The Kier molecular flexibility index (Phi) is 5.91. The normalized spacial score (nSPS) is 18.3. The van der Waals surface area contributed by atoms with E-state index in [9.17, 15) is 4.79 Å². The third-order valence-electron chi connectivity index (χ3n) is 4.18. The Labute approximate surface area is 137 Å².